The van der Waals surface area contributed by atoms with Crippen LogP contribution in [0.4, 0.5) is 0 Å². The first kappa shape index (κ1) is 38.5. The molecule has 2 N–H and O–H groups in total. The number of piperidine rings is 2. The van der Waals surface area contributed by atoms with Gasteiger partial charge in [0.25, 0.3) is 0 Å². The number of carbonyl (C=O) groups excluding carboxylic acids is 3. The second-order valence-corrected chi connectivity index (χ2v) is 15.0. The van der Waals surface area contributed by atoms with E-state index in [1.54, 1.807) is 6.92 Å². The van der Waals surface area contributed by atoms with Crippen molar-refractivity contribution in [3.05, 3.63) is 0 Å². The lowest BCUT2D eigenvalue weighted by Gasteiger charge is -2.53. The van der Waals surface area contributed by atoms with Gasteiger partial charge in [-0.2, -0.15) is 0 Å². The molecule has 0 radical (unpaired) electrons. The minimum absolute atomic E-state index is 0.00832. The zero-order valence-electron chi connectivity index (χ0n) is 30.2. The monoisotopic (exact) mass is 622 g/mol. The van der Waals surface area contributed by atoms with E-state index in [2.05, 4.69) is 79.9 Å². The molecule has 0 amide bonds. The lowest BCUT2D eigenvalue weighted by atomic mass is 9.69. The van der Waals surface area contributed by atoms with Crippen molar-refractivity contribution in [3.63, 3.8) is 0 Å². The molecule has 8 heteroatoms. The molecule has 2 heterocycles. The molecule has 2 aliphatic rings. The quantitative estimate of drug-likeness (QED) is 0.112. The molecule has 2 rings (SSSR count). The van der Waals surface area contributed by atoms with Gasteiger partial charge in [-0.1, -0.05) is 61.3 Å². The molecule has 0 aliphatic carbocycles. The first-order valence-corrected chi connectivity index (χ1v) is 17.6. The average Bonchev–Trinajstić information content (AvgIpc) is 2.98. The van der Waals surface area contributed by atoms with E-state index in [9.17, 15) is 14.4 Å². The largest absolute Gasteiger partial charge is 0.466 e. The third-order valence-corrected chi connectivity index (χ3v) is 11.9. The summed E-state index contributed by atoms with van der Waals surface area (Å²) >= 11 is 0. The summed E-state index contributed by atoms with van der Waals surface area (Å²) < 4.78 is 18.2. The number of ether oxygens (including phenoxy) is 3. The Hall–Kier alpha value is -1.67. The number of hydrogen-bond acceptors (Lipinski definition) is 8. The van der Waals surface area contributed by atoms with Crippen molar-refractivity contribution in [2.45, 2.75) is 188 Å². The molecule has 0 bridgehead atoms. The van der Waals surface area contributed by atoms with Crippen molar-refractivity contribution < 1.29 is 28.6 Å². The maximum Gasteiger partial charge on any atom is 0.323 e. The summed E-state index contributed by atoms with van der Waals surface area (Å²) in [6.45, 7) is 25.6. The maximum atomic E-state index is 14.6. The van der Waals surface area contributed by atoms with E-state index < -0.39 is 23.3 Å². The van der Waals surface area contributed by atoms with Crippen molar-refractivity contribution in [2.24, 2.45) is 17.3 Å². The minimum Gasteiger partial charge on any atom is -0.466 e. The van der Waals surface area contributed by atoms with Crippen LogP contribution in [-0.2, 0) is 28.6 Å². The van der Waals surface area contributed by atoms with Crippen molar-refractivity contribution in [1.82, 2.24) is 10.6 Å². The fourth-order valence-electron chi connectivity index (χ4n) is 7.49. The molecule has 256 valence electrons. The SMILES string of the molecule is CCCCC(CCC(=O)OCC)(C(=O)OC1CC(C)(CC)NC(C)(CC)C1C)C(=O)OC1CC(C)(CC)NC(C)(CC)C1C. The number of esters is 3. The predicted molar refractivity (Wildman–Crippen MR) is 176 cm³/mol. The zero-order chi connectivity index (χ0) is 33.6. The molecule has 8 nitrogen and oxygen atoms in total. The highest BCUT2D eigenvalue weighted by molar-refractivity contribution is 6.00. The second kappa shape index (κ2) is 15.3. The maximum absolute atomic E-state index is 14.6. The van der Waals surface area contributed by atoms with Gasteiger partial charge in [-0.15, -0.1) is 0 Å². The van der Waals surface area contributed by atoms with Gasteiger partial charge in [-0.05, 0) is 73.1 Å². The van der Waals surface area contributed by atoms with Crippen LogP contribution in [0.25, 0.3) is 0 Å². The molecule has 2 fully saturated rings. The van der Waals surface area contributed by atoms with Crippen molar-refractivity contribution in [2.75, 3.05) is 6.61 Å². The standard InChI is InChI=1S/C36H66N2O6/c1-13-19-21-36(22-20-29(39)42-18-6,30(40)43-27-23-32(9,14-2)37-34(11,16-4)25(27)7)31(41)44-28-24-33(10,15-3)38-35(12,17-5)26(28)8/h25-28,37-38H,13-24H2,1-12H3. The second-order valence-electron chi connectivity index (χ2n) is 15.0. The molecule has 0 saturated carbocycles. The first-order chi connectivity index (χ1) is 20.5. The molecular formula is C36H66N2O6. The number of rotatable bonds is 15. The first-order valence-electron chi connectivity index (χ1n) is 17.6. The predicted octanol–water partition coefficient (Wildman–Crippen LogP) is 7.26. The molecule has 8 unspecified atom stereocenters. The van der Waals surface area contributed by atoms with Gasteiger partial charge in [0, 0.05) is 53.3 Å². The summed E-state index contributed by atoms with van der Waals surface area (Å²) in [5, 5.41) is 7.69. The van der Waals surface area contributed by atoms with Crippen molar-refractivity contribution >= 4 is 17.9 Å². The normalized spacial score (nSPS) is 37.1. The number of hydrogen-bond donors (Lipinski definition) is 2. The van der Waals surface area contributed by atoms with Crippen LogP contribution >= 0.6 is 0 Å². The molecule has 0 aromatic rings. The Morgan fingerprint density at radius 3 is 1.48 bits per heavy atom. The Labute approximate surface area is 268 Å². The molecule has 2 saturated heterocycles. The highest BCUT2D eigenvalue weighted by Crippen LogP contribution is 2.44. The fraction of sp³-hybridized carbons (Fsp3) is 0.917. The lowest BCUT2D eigenvalue weighted by Crippen LogP contribution is -2.67. The third kappa shape index (κ3) is 8.37. The fourth-order valence-corrected chi connectivity index (χ4v) is 7.49. The van der Waals surface area contributed by atoms with E-state index in [0.717, 1.165) is 32.1 Å². The van der Waals surface area contributed by atoms with E-state index in [1.165, 1.54) is 0 Å². The van der Waals surface area contributed by atoms with Crippen molar-refractivity contribution in [1.29, 1.82) is 0 Å². The Morgan fingerprint density at radius 1 is 0.705 bits per heavy atom. The molecule has 2 aliphatic heterocycles. The smallest absolute Gasteiger partial charge is 0.323 e. The summed E-state index contributed by atoms with van der Waals surface area (Å²) in [6.07, 6.45) is 5.73. The average molecular weight is 623 g/mol. The van der Waals surface area contributed by atoms with Crippen LogP contribution < -0.4 is 10.6 Å². The topological polar surface area (TPSA) is 103 Å². The van der Waals surface area contributed by atoms with Gasteiger partial charge < -0.3 is 24.8 Å². The van der Waals surface area contributed by atoms with E-state index >= 15 is 0 Å². The Bertz CT molecular complexity index is 928. The number of carbonyl (C=O) groups is 3. The van der Waals surface area contributed by atoms with E-state index in [1.807, 2.05) is 6.92 Å². The van der Waals surface area contributed by atoms with Crippen LogP contribution in [0.5, 0.6) is 0 Å². The van der Waals surface area contributed by atoms with Crippen LogP contribution in [0.2, 0.25) is 0 Å². The summed E-state index contributed by atoms with van der Waals surface area (Å²) in [7, 11) is 0. The van der Waals surface area contributed by atoms with Gasteiger partial charge in [-0.3, -0.25) is 14.4 Å². The van der Waals surface area contributed by atoms with Gasteiger partial charge in [-0.25, -0.2) is 0 Å². The molecule has 0 aromatic carbocycles. The van der Waals surface area contributed by atoms with Gasteiger partial charge >= 0.3 is 17.9 Å². The van der Waals surface area contributed by atoms with E-state index in [0.29, 0.717) is 19.3 Å². The van der Waals surface area contributed by atoms with Gasteiger partial charge in [0.15, 0.2) is 5.41 Å². The summed E-state index contributed by atoms with van der Waals surface area (Å²) in [6, 6.07) is 0. The molecule has 0 spiro atoms. The van der Waals surface area contributed by atoms with Gasteiger partial charge in [0.2, 0.25) is 0 Å². The van der Waals surface area contributed by atoms with E-state index in [4.69, 9.17) is 14.2 Å². The number of unbranched alkanes of at least 4 members (excludes halogenated alkanes) is 1. The molecule has 44 heavy (non-hydrogen) atoms. The Morgan fingerprint density at radius 2 is 1.14 bits per heavy atom. The summed E-state index contributed by atoms with van der Waals surface area (Å²) in [4.78, 5) is 41.8. The molecular weight excluding hydrogens is 556 g/mol. The van der Waals surface area contributed by atoms with Crippen molar-refractivity contribution in [3.8, 4) is 0 Å². The zero-order valence-corrected chi connectivity index (χ0v) is 30.2. The van der Waals surface area contributed by atoms with Crippen LogP contribution in [0.3, 0.4) is 0 Å². The number of nitrogens with one attached hydrogen (secondary N) is 2. The Kier molecular flexibility index (Phi) is 13.4. The van der Waals surface area contributed by atoms with Crippen LogP contribution in [0, 0.1) is 17.3 Å². The summed E-state index contributed by atoms with van der Waals surface area (Å²) in [5.41, 5.74) is -2.47. The third-order valence-electron chi connectivity index (χ3n) is 11.9. The molecule has 0 aromatic heterocycles. The summed E-state index contributed by atoms with van der Waals surface area (Å²) in [5.74, 6) is -1.49. The highest BCUT2D eigenvalue weighted by Gasteiger charge is 2.55. The van der Waals surface area contributed by atoms with Gasteiger partial charge in [0.1, 0.15) is 12.2 Å². The van der Waals surface area contributed by atoms with Crippen LogP contribution in [-0.4, -0.2) is 58.9 Å². The van der Waals surface area contributed by atoms with Crippen LogP contribution in [0.1, 0.15) is 154 Å². The van der Waals surface area contributed by atoms with Gasteiger partial charge in [0.05, 0.1) is 6.61 Å². The Balaban J connectivity index is 2.55. The van der Waals surface area contributed by atoms with Crippen LogP contribution in [0.15, 0.2) is 0 Å². The minimum atomic E-state index is -1.59. The van der Waals surface area contributed by atoms with E-state index in [-0.39, 0.29) is 72.1 Å². The lowest BCUT2D eigenvalue weighted by molar-refractivity contribution is -0.190. The highest BCUT2D eigenvalue weighted by atomic mass is 16.6. The molecule has 8 atom stereocenters.